The van der Waals surface area contributed by atoms with Crippen LogP contribution in [0.15, 0.2) is 30.3 Å². The molecule has 1 aromatic rings. The first-order valence-corrected chi connectivity index (χ1v) is 7.32. The molecule has 1 saturated heterocycles. The Bertz CT molecular complexity index is 461. The molecule has 2 atom stereocenters. The largest absolute Gasteiger partial charge is 0.445 e. The fourth-order valence-corrected chi connectivity index (χ4v) is 2.59. The van der Waals surface area contributed by atoms with Crippen molar-refractivity contribution in [2.75, 3.05) is 19.7 Å². The Morgan fingerprint density at radius 2 is 2.14 bits per heavy atom. The average Bonchev–Trinajstić information content (AvgIpc) is 2.53. The number of ether oxygens (including phenoxy) is 1. The van der Waals surface area contributed by atoms with Crippen molar-refractivity contribution in [1.29, 1.82) is 0 Å². The summed E-state index contributed by atoms with van der Waals surface area (Å²) in [6.07, 6.45) is 1.24. The molecular formula is C16H23NO4. The van der Waals surface area contributed by atoms with Gasteiger partial charge < -0.3 is 19.8 Å². The van der Waals surface area contributed by atoms with Gasteiger partial charge in [0, 0.05) is 19.0 Å². The van der Waals surface area contributed by atoms with Crippen LogP contribution in [0.2, 0.25) is 0 Å². The molecule has 1 aliphatic heterocycles. The van der Waals surface area contributed by atoms with E-state index >= 15 is 0 Å². The average molecular weight is 293 g/mol. The van der Waals surface area contributed by atoms with E-state index in [0.29, 0.717) is 13.1 Å². The normalized spacial score (nSPS) is 21.7. The van der Waals surface area contributed by atoms with Crippen LogP contribution < -0.4 is 0 Å². The molecule has 0 aromatic heterocycles. The number of amides is 1. The van der Waals surface area contributed by atoms with E-state index in [2.05, 4.69) is 0 Å². The molecule has 1 aliphatic rings. The van der Waals surface area contributed by atoms with Gasteiger partial charge in [-0.1, -0.05) is 30.3 Å². The molecule has 1 aromatic carbocycles. The van der Waals surface area contributed by atoms with Gasteiger partial charge in [0.1, 0.15) is 6.61 Å². The summed E-state index contributed by atoms with van der Waals surface area (Å²) >= 11 is 0. The van der Waals surface area contributed by atoms with Crippen molar-refractivity contribution in [2.45, 2.75) is 32.0 Å². The second kappa shape index (κ2) is 6.91. The van der Waals surface area contributed by atoms with Crippen molar-refractivity contribution in [3.05, 3.63) is 35.9 Å². The summed E-state index contributed by atoms with van der Waals surface area (Å²) in [4.78, 5) is 13.7. The number of hydrogen-bond donors (Lipinski definition) is 2. The fraction of sp³-hybridized carbons (Fsp3) is 0.562. The van der Waals surface area contributed by atoms with Gasteiger partial charge in [0.05, 0.1) is 12.2 Å². The molecular weight excluding hydrogens is 270 g/mol. The van der Waals surface area contributed by atoms with Crippen LogP contribution in [0.4, 0.5) is 4.79 Å². The van der Waals surface area contributed by atoms with Crippen molar-refractivity contribution in [3.8, 4) is 0 Å². The lowest BCUT2D eigenvalue weighted by Gasteiger charge is -2.39. The maximum atomic E-state index is 12.1. The summed E-state index contributed by atoms with van der Waals surface area (Å²) in [5, 5.41) is 19.4. The summed E-state index contributed by atoms with van der Waals surface area (Å²) in [5.74, 6) is -0.125. The number of nitrogens with zero attached hydrogens (tertiary/aromatic N) is 1. The summed E-state index contributed by atoms with van der Waals surface area (Å²) in [6, 6.07) is 9.53. The van der Waals surface area contributed by atoms with E-state index < -0.39 is 5.60 Å². The summed E-state index contributed by atoms with van der Waals surface area (Å²) in [7, 11) is 0. The van der Waals surface area contributed by atoms with E-state index in [-0.39, 0.29) is 25.2 Å². The first kappa shape index (κ1) is 15.8. The second-order valence-electron chi connectivity index (χ2n) is 5.84. The molecule has 0 aliphatic carbocycles. The minimum absolute atomic E-state index is 0.125. The van der Waals surface area contributed by atoms with E-state index in [1.807, 2.05) is 30.3 Å². The van der Waals surface area contributed by atoms with Crippen LogP contribution in [0, 0.1) is 5.92 Å². The van der Waals surface area contributed by atoms with Gasteiger partial charge in [0.25, 0.3) is 0 Å². The molecule has 0 radical (unpaired) electrons. The number of aliphatic hydroxyl groups excluding tert-OH is 1. The minimum Gasteiger partial charge on any atom is -0.445 e. The van der Waals surface area contributed by atoms with Crippen LogP contribution in [0.25, 0.3) is 0 Å². The molecule has 1 unspecified atom stereocenters. The van der Waals surface area contributed by atoms with Crippen molar-refractivity contribution in [3.63, 3.8) is 0 Å². The third-order valence-electron chi connectivity index (χ3n) is 4.08. The Labute approximate surface area is 125 Å². The number of piperidine rings is 1. The monoisotopic (exact) mass is 293 g/mol. The van der Waals surface area contributed by atoms with Crippen molar-refractivity contribution in [2.24, 2.45) is 5.92 Å². The van der Waals surface area contributed by atoms with E-state index in [9.17, 15) is 15.0 Å². The Hall–Kier alpha value is -1.59. The molecule has 1 heterocycles. The lowest BCUT2D eigenvalue weighted by molar-refractivity contribution is -0.0671. The number of carbonyl (C=O) groups excluding carboxylic acids is 1. The number of benzene rings is 1. The number of carbonyl (C=O) groups is 1. The van der Waals surface area contributed by atoms with Crippen molar-refractivity contribution >= 4 is 6.09 Å². The summed E-state index contributed by atoms with van der Waals surface area (Å²) < 4.78 is 5.31. The van der Waals surface area contributed by atoms with Gasteiger partial charge in [-0.3, -0.25) is 0 Å². The molecule has 116 valence electrons. The lowest BCUT2D eigenvalue weighted by Crippen LogP contribution is -2.49. The molecule has 5 nitrogen and oxygen atoms in total. The molecule has 1 amide bonds. The first-order chi connectivity index (χ1) is 10.0. The Balaban J connectivity index is 1.87. The Kier molecular flexibility index (Phi) is 5.20. The first-order valence-electron chi connectivity index (χ1n) is 7.32. The fourth-order valence-electron chi connectivity index (χ4n) is 2.59. The van der Waals surface area contributed by atoms with E-state index in [1.54, 1.807) is 11.8 Å². The maximum absolute atomic E-state index is 12.1. The molecule has 1 fully saturated rings. The Morgan fingerprint density at radius 1 is 1.43 bits per heavy atom. The van der Waals surface area contributed by atoms with Crippen LogP contribution in [0.5, 0.6) is 0 Å². The van der Waals surface area contributed by atoms with Gasteiger partial charge in [0.15, 0.2) is 0 Å². The Morgan fingerprint density at radius 3 is 2.81 bits per heavy atom. The van der Waals surface area contributed by atoms with Gasteiger partial charge in [-0.05, 0) is 25.3 Å². The summed E-state index contributed by atoms with van der Waals surface area (Å²) in [6.45, 7) is 2.60. The topological polar surface area (TPSA) is 70.0 Å². The molecule has 0 saturated carbocycles. The van der Waals surface area contributed by atoms with Gasteiger partial charge in [-0.25, -0.2) is 4.79 Å². The third kappa shape index (κ3) is 4.19. The number of likely N-dealkylation sites (tertiary alicyclic amines) is 1. The zero-order valence-corrected chi connectivity index (χ0v) is 12.4. The highest BCUT2D eigenvalue weighted by molar-refractivity contribution is 5.67. The number of hydrogen-bond acceptors (Lipinski definition) is 4. The van der Waals surface area contributed by atoms with Crippen LogP contribution in [-0.2, 0) is 11.3 Å². The highest BCUT2D eigenvalue weighted by Gasteiger charge is 2.36. The lowest BCUT2D eigenvalue weighted by atomic mass is 9.83. The molecule has 2 N–H and O–H groups in total. The van der Waals surface area contributed by atoms with Crippen molar-refractivity contribution in [1.82, 2.24) is 4.90 Å². The molecule has 0 bridgehead atoms. The van der Waals surface area contributed by atoms with Crippen molar-refractivity contribution < 1.29 is 19.7 Å². The molecule has 21 heavy (non-hydrogen) atoms. The molecule has 0 spiro atoms. The highest BCUT2D eigenvalue weighted by Crippen LogP contribution is 2.27. The zero-order valence-electron chi connectivity index (χ0n) is 12.4. The van der Waals surface area contributed by atoms with Crippen LogP contribution in [0.3, 0.4) is 0 Å². The zero-order chi connectivity index (χ0) is 15.3. The third-order valence-corrected chi connectivity index (χ3v) is 4.08. The smallest absolute Gasteiger partial charge is 0.410 e. The van der Waals surface area contributed by atoms with E-state index in [0.717, 1.165) is 18.4 Å². The van der Waals surface area contributed by atoms with Gasteiger partial charge in [0.2, 0.25) is 0 Å². The quantitative estimate of drug-likeness (QED) is 0.888. The summed E-state index contributed by atoms with van der Waals surface area (Å²) in [5.41, 5.74) is -0.208. The van der Waals surface area contributed by atoms with Crippen LogP contribution >= 0.6 is 0 Å². The minimum atomic E-state index is -1.15. The standard InChI is InChI=1S/C16H23NO4/c1-16(20,12-18)14-8-5-9-17(10-14)15(19)21-11-13-6-3-2-4-7-13/h2-4,6-7,14,18,20H,5,8-12H2,1H3/t14-,16?/m0/s1. The predicted octanol–water partition coefficient (Wildman–Crippen LogP) is 1.78. The number of rotatable bonds is 4. The van der Waals surface area contributed by atoms with Gasteiger partial charge >= 0.3 is 6.09 Å². The predicted molar refractivity (Wildman–Crippen MR) is 78.6 cm³/mol. The van der Waals surface area contributed by atoms with Gasteiger partial charge in [-0.15, -0.1) is 0 Å². The SMILES string of the molecule is CC(O)(CO)[C@H]1CCCN(C(=O)OCc2ccccc2)C1. The highest BCUT2D eigenvalue weighted by atomic mass is 16.6. The van der Waals surface area contributed by atoms with Crippen LogP contribution in [0.1, 0.15) is 25.3 Å². The second-order valence-corrected chi connectivity index (χ2v) is 5.84. The van der Waals surface area contributed by atoms with E-state index in [4.69, 9.17) is 4.74 Å². The van der Waals surface area contributed by atoms with E-state index in [1.165, 1.54) is 0 Å². The van der Waals surface area contributed by atoms with Gasteiger partial charge in [-0.2, -0.15) is 0 Å². The van der Waals surface area contributed by atoms with Crippen LogP contribution in [-0.4, -0.2) is 46.5 Å². The maximum Gasteiger partial charge on any atom is 0.410 e. The number of aliphatic hydroxyl groups is 2. The molecule has 2 rings (SSSR count). The molecule has 5 heteroatoms.